The van der Waals surface area contributed by atoms with Gasteiger partial charge in [-0.3, -0.25) is 4.79 Å². The molecule has 0 radical (unpaired) electrons. The van der Waals surface area contributed by atoms with Crippen molar-refractivity contribution in [3.05, 3.63) is 23.8 Å². The Bertz CT molecular complexity index is 664. The largest absolute Gasteiger partial charge is 0.496 e. The Balaban J connectivity index is 2.41. The molecule has 1 heterocycles. The van der Waals surface area contributed by atoms with E-state index in [0.717, 1.165) is 0 Å². The first-order valence-corrected chi connectivity index (χ1v) is 8.33. The maximum absolute atomic E-state index is 12.7. The number of sulfonamides is 1. The van der Waals surface area contributed by atoms with Crippen LogP contribution < -0.4 is 10.5 Å². The predicted octanol–water partition coefficient (Wildman–Crippen LogP) is 0.592. The molecule has 122 valence electrons. The molecule has 1 aliphatic rings. The van der Waals surface area contributed by atoms with E-state index in [4.69, 9.17) is 15.2 Å². The summed E-state index contributed by atoms with van der Waals surface area (Å²) in [6.45, 7) is 4.18. The van der Waals surface area contributed by atoms with Crippen LogP contribution in [0.1, 0.15) is 24.2 Å². The van der Waals surface area contributed by atoms with E-state index in [0.29, 0.717) is 0 Å². The topological polar surface area (TPSA) is 98.9 Å². The first-order chi connectivity index (χ1) is 10.3. The number of primary amides is 1. The summed E-state index contributed by atoms with van der Waals surface area (Å²) in [7, 11) is -2.33. The summed E-state index contributed by atoms with van der Waals surface area (Å²) < 4.78 is 37.4. The van der Waals surface area contributed by atoms with E-state index < -0.39 is 15.9 Å². The highest BCUT2D eigenvalue weighted by Gasteiger charge is 2.32. The maximum Gasteiger partial charge on any atom is 0.252 e. The molecule has 22 heavy (non-hydrogen) atoms. The summed E-state index contributed by atoms with van der Waals surface area (Å²) in [5.74, 6) is -0.493. The van der Waals surface area contributed by atoms with Crippen molar-refractivity contribution in [2.45, 2.75) is 31.0 Å². The Hall–Kier alpha value is -1.64. The minimum atomic E-state index is -3.72. The van der Waals surface area contributed by atoms with Crippen molar-refractivity contribution >= 4 is 15.9 Å². The smallest absolute Gasteiger partial charge is 0.252 e. The van der Waals surface area contributed by atoms with Crippen LogP contribution in [0.5, 0.6) is 5.75 Å². The molecule has 1 fully saturated rings. The average molecular weight is 328 g/mol. The lowest BCUT2D eigenvalue weighted by atomic mass is 10.2. The zero-order chi connectivity index (χ0) is 16.5. The molecule has 0 spiro atoms. The van der Waals surface area contributed by atoms with Gasteiger partial charge in [-0.1, -0.05) is 0 Å². The Labute approximate surface area is 130 Å². The lowest BCUT2D eigenvalue weighted by Crippen LogP contribution is -2.48. The SMILES string of the molecule is COc1ccc(S(=O)(=O)N2C[C@@H](C)O[C@@H](C)C2)cc1C(N)=O. The minimum Gasteiger partial charge on any atom is -0.496 e. The van der Waals surface area contributed by atoms with Gasteiger partial charge in [0, 0.05) is 13.1 Å². The molecule has 1 aromatic rings. The van der Waals surface area contributed by atoms with Crippen molar-refractivity contribution in [3.63, 3.8) is 0 Å². The van der Waals surface area contributed by atoms with E-state index >= 15 is 0 Å². The molecule has 0 saturated carbocycles. The van der Waals surface area contributed by atoms with Gasteiger partial charge in [-0.15, -0.1) is 0 Å². The molecule has 0 aromatic heterocycles. The first-order valence-electron chi connectivity index (χ1n) is 6.89. The third-order valence-corrected chi connectivity index (χ3v) is 5.29. The zero-order valence-electron chi connectivity index (χ0n) is 12.8. The Morgan fingerprint density at radius 2 is 1.91 bits per heavy atom. The molecule has 1 aromatic carbocycles. The highest BCUT2D eigenvalue weighted by Crippen LogP contribution is 2.26. The number of nitrogens with two attached hydrogens (primary N) is 1. The van der Waals surface area contributed by atoms with Crippen molar-refractivity contribution in [2.75, 3.05) is 20.2 Å². The standard InChI is InChI=1S/C14H20N2O5S/c1-9-7-16(8-10(2)21-9)22(18,19)11-4-5-13(20-3)12(6-11)14(15)17/h4-6,9-10H,7-8H2,1-3H3,(H2,15,17)/t9-,10+. The second-order valence-electron chi connectivity index (χ2n) is 5.31. The van der Waals surface area contributed by atoms with Crippen LogP contribution in [-0.4, -0.2) is 51.0 Å². The van der Waals surface area contributed by atoms with Crippen LogP contribution in [0.4, 0.5) is 0 Å². The van der Waals surface area contributed by atoms with Crippen LogP contribution in [-0.2, 0) is 14.8 Å². The fourth-order valence-electron chi connectivity index (χ4n) is 2.52. The first kappa shape index (κ1) is 16.7. The number of morpholine rings is 1. The molecule has 7 nitrogen and oxygen atoms in total. The van der Waals surface area contributed by atoms with Crippen LogP contribution in [0.3, 0.4) is 0 Å². The minimum absolute atomic E-state index is 0.0170. The van der Waals surface area contributed by atoms with Crippen LogP contribution in [0.2, 0.25) is 0 Å². The lowest BCUT2D eigenvalue weighted by molar-refractivity contribution is -0.0440. The fraction of sp³-hybridized carbons (Fsp3) is 0.500. The van der Waals surface area contributed by atoms with Gasteiger partial charge >= 0.3 is 0 Å². The van der Waals surface area contributed by atoms with Crippen LogP contribution in [0, 0.1) is 0 Å². The molecular weight excluding hydrogens is 308 g/mol. The fourth-order valence-corrected chi connectivity index (χ4v) is 4.13. The zero-order valence-corrected chi connectivity index (χ0v) is 13.6. The number of carbonyl (C=O) groups excluding carboxylic acids is 1. The van der Waals surface area contributed by atoms with Crippen molar-refractivity contribution in [2.24, 2.45) is 5.73 Å². The predicted molar refractivity (Wildman–Crippen MR) is 80.3 cm³/mol. The second kappa shape index (κ2) is 6.23. The van der Waals surface area contributed by atoms with E-state index in [1.54, 1.807) is 0 Å². The van der Waals surface area contributed by atoms with Crippen molar-refractivity contribution < 1.29 is 22.7 Å². The summed E-state index contributed by atoms with van der Waals surface area (Å²) in [4.78, 5) is 11.5. The van der Waals surface area contributed by atoms with Crippen molar-refractivity contribution in [1.29, 1.82) is 0 Å². The van der Waals surface area contributed by atoms with Crippen LogP contribution >= 0.6 is 0 Å². The van der Waals surface area contributed by atoms with Crippen LogP contribution in [0.25, 0.3) is 0 Å². The summed E-state index contributed by atoms with van der Waals surface area (Å²) in [6, 6.07) is 4.09. The molecule has 2 atom stereocenters. The van der Waals surface area contributed by atoms with Gasteiger partial charge in [0.05, 0.1) is 29.8 Å². The van der Waals surface area contributed by atoms with Gasteiger partial charge < -0.3 is 15.2 Å². The number of rotatable bonds is 4. The summed E-state index contributed by atoms with van der Waals surface area (Å²) >= 11 is 0. The summed E-state index contributed by atoms with van der Waals surface area (Å²) in [5, 5.41) is 0. The Morgan fingerprint density at radius 3 is 2.41 bits per heavy atom. The molecule has 1 amide bonds. The quantitative estimate of drug-likeness (QED) is 0.872. The monoisotopic (exact) mass is 328 g/mol. The number of amides is 1. The highest BCUT2D eigenvalue weighted by molar-refractivity contribution is 7.89. The molecule has 1 saturated heterocycles. The van der Waals surface area contributed by atoms with Gasteiger partial charge in [-0.05, 0) is 32.0 Å². The van der Waals surface area contributed by atoms with Gasteiger partial charge in [0.2, 0.25) is 10.0 Å². The normalized spacial score (nSPS) is 23.2. The third kappa shape index (κ3) is 3.23. The van der Waals surface area contributed by atoms with Gasteiger partial charge in [-0.25, -0.2) is 8.42 Å². The average Bonchev–Trinajstić information content (AvgIpc) is 2.45. The molecule has 2 rings (SSSR count). The van der Waals surface area contributed by atoms with Gasteiger partial charge in [0.25, 0.3) is 5.91 Å². The summed E-state index contributed by atoms with van der Waals surface area (Å²) in [6.07, 6.45) is -0.375. The third-order valence-electron chi connectivity index (χ3n) is 3.46. The van der Waals surface area contributed by atoms with E-state index in [2.05, 4.69) is 0 Å². The van der Waals surface area contributed by atoms with E-state index in [-0.39, 0.29) is 41.5 Å². The molecule has 8 heteroatoms. The number of ether oxygens (including phenoxy) is 2. The van der Waals surface area contributed by atoms with Gasteiger partial charge in [0.15, 0.2) is 0 Å². The molecule has 0 unspecified atom stereocenters. The molecule has 2 N–H and O–H groups in total. The van der Waals surface area contributed by atoms with Crippen LogP contribution in [0.15, 0.2) is 23.1 Å². The molecular formula is C14H20N2O5S. The number of hydrogen-bond acceptors (Lipinski definition) is 5. The van der Waals surface area contributed by atoms with E-state index in [1.165, 1.54) is 29.6 Å². The molecule has 0 bridgehead atoms. The number of benzene rings is 1. The van der Waals surface area contributed by atoms with Crippen molar-refractivity contribution in [3.8, 4) is 5.75 Å². The number of carbonyl (C=O) groups is 1. The molecule has 0 aliphatic carbocycles. The Kier molecular flexibility index (Phi) is 4.74. The van der Waals surface area contributed by atoms with Gasteiger partial charge in [-0.2, -0.15) is 4.31 Å². The van der Waals surface area contributed by atoms with Crippen molar-refractivity contribution in [1.82, 2.24) is 4.31 Å². The lowest BCUT2D eigenvalue weighted by Gasteiger charge is -2.34. The Morgan fingerprint density at radius 1 is 1.32 bits per heavy atom. The molecule has 1 aliphatic heterocycles. The number of nitrogens with zero attached hydrogens (tertiary/aromatic N) is 1. The van der Waals surface area contributed by atoms with Gasteiger partial charge in [0.1, 0.15) is 5.75 Å². The summed E-state index contributed by atoms with van der Waals surface area (Å²) in [5.41, 5.74) is 5.32. The second-order valence-corrected chi connectivity index (χ2v) is 7.24. The number of hydrogen-bond donors (Lipinski definition) is 1. The van der Waals surface area contributed by atoms with E-state index in [1.807, 2.05) is 13.8 Å². The maximum atomic E-state index is 12.7. The van der Waals surface area contributed by atoms with E-state index in [9.17, 15) is 13.2 Å². The number of methoxy groups -OCH3 is 1. The highest BCUT2D eigenvalue weighted by atomic mass is 32.2.